The molecule has 0 saturated carbocycles. The van der Waals surface area contributed by atoms with E-state index in [-0.39, 0.29) is 0 Å². The summed E-state index contributed by atoms with van der Waals surface area (Å²) in [5.74, 6) is 0. The Morgan fingerprint density at radius 1 is 0.750 bits per heavy atom. The Morgan fingerprint density at radius 3 is 1.40 bits per heavy atom. The molecule has 0 aromatic heterocycles. The highest BCUT2D eigenvalue weighted by Crippen LogP contribution is 2.17. The predicted molar refractivity (Wildman–Crippen MR) is 98.3 cm³/mol. The first-order chi connectivity index (χ1) is 9.65. The van der Waals surface area contributed by atoms with Crippen molar-refractivity contribution in [3.8, 4) is 0 Å². The van der Waals surface area contributed by atoms with Gasteiger partial charge in [-0.25, -0.2) is 0 Å². The molecule has 2 unspecified atom stereocenters. The van der Waals surface area contributed by atoms with Crippen LogP contribution in [0.25, 0.3) is 0 Å². The van der Waals surface area contributed by atoms with Gasteiger partial charge in [0.2, 0.25) is 0 Å². The van der Waals surface area contributed by atoms with Crippen molar-refractivity contribution in [3.05, 3.63) is 35.4 Å². The van der Waals surface area contributed by atoms with Gasteiger partial charge in [-0.2, -0.15) is 0 Å². The number of hydrogen-bond donors (Lipinski definition) is 0. The fourth-order valence-corrected chi connectivity index (χ4v) is 2.98. The summed E-state index contributed by atoms with van der Waals surface area (Å²) < 4.78 is 0. The molecule has 0 nitrogen and oxygen atoms in total. The van der Waals surface area contributed by atoms with Gasteiger partial charge in [-0.1, -0.05) is 70.0 Å². The highest BCUT2D eigenvalue weighted by molar-refractivity contribution is 9.09. The third-order valence-electron chi connectivity index (χ3n) is 3.87. The van der Waals surface area contributed by atoms with Crippen molar-refractivity contribution in [1.29, 1.82) is 0 Å². The lowest BCUT2D eigenvalue weighted by Crippen LogP contribution is -1.97. The average Bonchev–Trinajstić information content (AvgIpc) is 2.48. The highest BCUT2D eigenvalue weighted by atomic mass is 79.9. The van der Waals surface area contributed by atoms with Crippen LogP contribution in [0.5, 0.6) is 0 Å². The maximum Gasteiger partial charge on any atom is 0.0143 e. The Morgan fingerprint density at radius 2 is 1.10 bits per heavy atom. The first kappa shape index (κ1) is 18.2. The summed E-state index contributed by atoms with van der Waals surface area (Å²) in [6.45, 7) is 4.48. The van der Waals surface area contributed by atoms with Crippen molar-refractivity contribution >= 4 is 31.9 Å². The second kappa shape index (κ2) is 10.8. The third-order valence-corrected chi connectivity index (χ3v) is 6.09. The molecular weight excluding hydrogens is 376 g/mol. The largest absolute Gasteiger partial charge is 0.0891 e. The molecule has 0 heterocycles. The monoisotopic (exact) mass is 402 g/mol. The van der Waals surface area contributed by atoms with Gasteiger partial charge in [-0.15, -0.1) is 0 Å². The summed E-state index contributed by atoms with van der Waals surface area (Å²) in [6.07, 6.45) is 10.00. The van der Waals surface area contributed by atoms with Crippen molar-refractivity contribution in [2.75, 3.05) is 0 Å². The maximum absolute atomic E-state index is 3.70. The van der Waals surface area contributed by atoms with Crippen LogP contribution in [0.1, 0.15) is 63.5 Å². The van der Waals surface area contributed by atoms with Crippen LogP contribution in [0.2, 0.25) is 0 Å². The molecule has 1 aromatic rings. The van der Waals surface area contributed by atoms with Crippen LogP contribution in [0.15, 0.2) is 24.3 Å². The van der Waals surface area contributed by atoms with Crippen molar-refractivity contribution in [2.24, 2.45) is 0 Å². The molecule has 0 saturated heterocycles. The Balaban J connectivity index is 2.26. The molecule has 0 spiro atoms. The van der Waals surface area contributed by atoms with Gasteiger partial charge in [0.15, 0.2) is 0 Å². The van der Waals surface area contributed by atoms with Crippen molar-refractivity contribution in [2.45, 2.75) is 74.9 Å². The number of aryl methyl sites for hydroxylation is 2. The zero-order chi connectivity index (χ0) is 14.8. The number of hydrogen-bond acceptors (Lipinski definition) is 0. The van der Waals surface area contributed by atoms with E-state index in [9.17, 15) is 0 Å². The molecule has 0 amide bonds. The minimum atomic E-state index is 0.692. The lowest BCUT2D eigenvalue weighted by molar-refractivity contribution is 0.686. The smallest absolute Gasteiger partial charge is 0.0143 e. The van der Waals surface area contributed by atoms with E-state index in [4.69, 9.17) is 0 Å². The van der Waals surface area contributed by atoms with Gasteiger partial charge in [0, 0.05) is 9.65 Å². The quantitative estimate of drug-likeness (QED) is 0.382. The van der Waals surface area contributed by atoms with E-state index in [0.29, 0.717) is 9.65 Å². The predicted octanol–water partition coefficient (Wildman–Crippen LogP) is 6.68. The van der Waals surface area contributed by atoms with E-state index in [0.717, 1.165) is 0 Å². The van der Waals surface area contributed by atoms with Crippen LogP contribution in [0.4, 0.5) is 0 Å². The molecule has 2 heteroatoms. The molecule has 0 aliphatic carbocycles. The molecule has 0 fully saturated rings. The van der Waals surface area contributed by atoms with Gasteiger partial charge in [0.05, 0.1) is 0 Å². The van der Waals surface area contributed by atoms with Gasteiger partial charge >= 0.3 is 0 Å². The third kappa shape index (κ3) is 7.83. The summed E-state index contributed by atoms with van der Waals surface area (Å²) in [5, 5.41) is 0. The SMILES string of the molecule is CCC(Br)CCCc1ccc(CCCC(Br)CC)cc1. The number of rotatable bonds is 10. The minimum Gasteiger partial charge on any atom is -0.0891 e. The number of benzene rings is 1. The summed E-state index contributed by atoms with van der Waals surface area (Å²) in [7, 11) is 0. The van der Waals surface area contributed by atoms with Gasteiger partial charge in [-0.3, -0.25) is 0 Å². The molecule has 2 atom stereocenters. The standard InChI is InChI=1S/C18H28Br2/c1-3-17(19)9-5-7-15-11-13-16(14-12-15)8-6-10-18(20)4-2/h11-14,17-18H,3-10H2,1-2H3. The van der Waals surface area contributed by atoms with Crippen LogP contribution in [0, 0.1) is 0 Å². The van der Waals surface area contributed by atoms with Crippen LogP contribution < -0.4 is 0 Å². The lowest BCUT2D eigenvalue weighted by Gasteiger charge is -2.08. The van der Waals surface area contributed by atoms with E-state index in [1.807, 2.05) is 0 Å². The molecule has 20 heavy (non-hydrogen) atoms. The van der Waals surface area contributed by atoms with Crippen molar-refractivity contribution < 1.29 is 0 Å². The second-order valence-electron chi connectivity index (χ2n) is 5.61. The topological polar surface area (TPSA) is 0 Å². The molecule has 1 rings (SSSR count). The average molecular weight is 404 g/mol. The lowest BCUT2D eigenvalue weighted by atomic mass is 10.0. The van der Waals surface area contributed by atoms with E-state index in [2.05, 4.69) is 70.0 Å². The molecule has 1 aromatic carbocycles. The van der Waals surface area contributed by atoms with E-state index in [1.54, 1.807) is 0 Å². The van der Waals surface area contributed by atoms with Crippen molar-refractivity contribution in [1.82, 2.24) is 0 Å². The first-order valence-electron chi connectivity index (χ1n) is 8.01. The van der Waals surface area contributed by atoms with Crippen LogP contribution >= 0.6 is 31.9 Å². The van der Waals surface area contributed by atoms with E-state index >= 15 is 0 Å². The van der Waals surface area contributed by atoms with Crippen molar-refractivity contribution in [3.63, 3.8) is 0 Å². The summed E-state index contributed by atoms with van der Waals surface area (Å²) >= 11 is 7.41. The molecule has 0 aliphatic rings. The first-order valence-corrected chi connectivity index (χ1v) is 9.84. The minimum absolute atomic E-state index is 0.692. The fraction of sp³-hybridized carbons (Fsp3) is 0.667. The normalized spacial score (nSPS) is 14.2. The molecule has 0 aliphatic heterocycles. The zero-order valence-corrected chi connectivity index (χ0v) is 16.0. The van der Waals surface area contributed by atoms with Crippen LogP contribution in [-0.2, 0) is 12.8 Å². The summed E-state index contributed by atoms with van der Waals surface area (Å²) in [5.41, 5.74) is 2.97. The van der Waals surface area contributed by atoms with Crippen LogP contribution in [0.3, 0.4) is 0 Å². The molecule has 0 N–H and O–H groups in total. The maximum atomic E-state index is 3.70. The molecule has 0 bridgehead atoms. The van der Waals surface area contributed by atoms with E-state index in [1.165, 1.54) is 62.5 Å². The van der Waals surface area contributed by atoms with Gasteiger partial charge in [-0.05, 0) is 62.5 Å². The highest BCUT2D eigenvalue weighted by Gasteiger charge is 2.03. The van der Waals surface area contributed by atoms with Crippen LogP contribution in [-0.4, -0.2) is 9.65 Å². The number of halogens is 2. The van der Waals surface area contributed by atoms with Gasteiger partial charge < -0.3 is 0 Å². The molecule has 114 valence electrons. The summed E-state index contributed by atoms with van der Waals surface area (Å²) in [4.78, 5) is 1.38. The fourth-order valence-electron chi connectivity index (χ4n) is 2.34. The summed E-state index contributed by atoms with van der Waals surface area (Å²) in [6, 6.07) is 9.26. The Kier molecular flexibility index (Phi) is 9.88. The Bertz CT molecular complexity index is 310. The second-order valence-corrected chi connectivity index (χ2v) is 8.20. The van der Waals surface area contributed by atoms with Gasteiger partial charge in [0.1, 0.15) is 0 Å². The Hall–Kier alpha value is 0.180. The molecular formula is C18H28Br2. The van der Waals surface area contributed by atoms with E-state index < -0.39 is 0 Å². The number of alkyl halides is 2. The zero-order valence-electron chi connectivity index (χ0n) is 12.9. The van der Waals surface area contributed by atoms with Gasteiger partial charge in [0.25, 0.3) is 0 Å². The molecule has 0 radical (unpaired) electrons. The Labute approximate surface area is 142 Å².